The van der Waals surface area contributed by atoms with Crippen LogP contribution in [-0.2, 0) is 0 Å². The Bertz CT molecular complexity index is 466. The first-order valence-corrected chi connectivity index (χ1v) is 6.25. The van der Waals surface area contributed by atoms with E-state index in [-0.39, 0.29) is 10.7 Å². The van der Waals surface area contributed by atoms with Gasteiger partial charge in [-0.1, -0.05) is 6.42 Å². The predicted molar refractivity (Wildman–Crippen MR) is 71.0 cm³/mol. The van der Waals surface area contributed by atoms with Crippen molar-refractivity contribution in [2.75, 3.05) is 5.73 Å². The molecule has 1 aliphatic carbocycles. The molecule has 0 bridgehead atoms. The highest BCUT2D eigenvalue weighted by molar-refractivity contribution is 5.90. The molecule has 1 aromatic rings. The number of rotatable bonds is 1. The number of hydrogen-bond acceptors (Lipinski definition) is 3. The monoisotopic (exact) mass is 231 g/mol. The minimum absolute atomic E-state index is 0.136. The van der Waals surface area contributed by atoms with E-state index in [4.69, 9.17) is 5.73 Å². The molecular formula is C13H17N3O. The third-order valence-electron chi connectivity index (χ3n) is 3.86. The topological polar surface area (TPSA) is 61.4 Å². The Kier molecular flexibility index (Phi) is 2.42. The van der Waals surface area contributed by atoms with Crippen LogP contribution in [0.5, 0.6) is 0 Å². The van der Waals surface area contributed by atoms with E-state index in [9.17, 15) is 5.21 Å². The second-order valence-corrected chi connectivity index (χ2v) is 4.99. The lowest BCUT2D eigenvalue weighted by atomic mass is 9.93. The van der Waals surface area contributed by atoms with Crippen LogP contribution in [0.3, 0.4) is 0 Å². The van der Waals surface area contributed by atoms with Crippen LogP contribution < -0.4 is 10.4 Å². The maximum absolute atomic E-state index is 12.9. The molecule has 2 N–H and O–H groups in total. The van der Waals surface area contributed by atoms with Crippen LogP contribution in [-0.4, -0.2) is 12.4 Å². The van der Waals surface area contributed by atoms with E-state index in [0.717, 1.165) is 37.1 Å². The summed E-state index contributed by atoms with van der Waals surface area (Å²) in [6.45, 7) is 0. The third kappa shape index (κ3) is 1.64. The van der Waals surface area contributed by atoms with Crippen molar-refractivity contribution in [2.24, 2.45) is 4.99 Å². The van der Waals surface area contributed by atoms with E-state index in [1.807, 2.05) is 6.07 Å². The number of fused-ring (bicyclic) bond motifs is 1. The molecule has 1 aliphatic heterocycles. The molecule has 1 saturated carbocycles. The van der Waals surface area contributed by atoms with Crippen molar-refractivity contribution >= 4 is 23.4 Å². The van der Waals surface area contributed by atoms with Crippen LogP contribution in [0.2, 0.25) is 0 Å². The summed E-state index contributed by atoms with van der Waals surface area (Å²) in [7, 11) is 0. The van der Waals surface area contributed by atoms with Crippen molar-refractivity contribution in [3.63, 3.8) is 0 Å². The largest absolute Gasteiger partial charge is 0.621 e. The Labute approximate surface area is 101 Å². The second-order valence-electron chi connectivity index (χ2n) is 4.99. The van der Waals surface area contributed by atoms with Crippen LogP contribution in [0.4, 0.5) is 17.1 Å². The quantitative estimate of drug-likeness (QED) is 0.458. The van der Waals surface area contributed by atoms with Gasteiger partial charge in [-0.3, -0.25) is 4.65 Å². The van der Waals surface area contributed by atoms with E-state index in [2.05, 4.69) is 4.99 Å². The molecule has 0 spiro atoms. The standard InChI is InChI=1S/C13H17N3O/c14-10-6-7-13-12(8-10)15-9-16(13,17)11-4-2-1-3-5-11/h6-9,11H,1-5,14H2. The van der Waals surface area contributed by atoms with E-state index in [1.165, 1.54) is 6.42 Å². The zero-order valence-corrected chi connectivity index (χ0v) is 9.80. The summed E-state index contributed by atoms with van der Waals surface area (Å²) in [5, 5.41) is 12.9. The molecule has 3 rings (SSSR count). The molecule has 17 heavy (non-hydrogen) atoms. The minimum Gasteiger partial charge on any atom is -0.621 e. The number of nitrogen functional groups attached to an aromatic ring is 1. The number of nitrogens with two attached hydrogens (primary N) is 1. The maximum Gasteiger partial charge on any atom is 0.196 e. The van der Waals surface area contributed by atoms with Crippen molar-refractivity contribution in [1.29, 1.82) is 0 Å². The zero-order chi connectivity index (χ0) is 11.9. The number of aliphatic imine (C=N–C) groups is 1. The number of benzene rings is 1. The average Bonchev–Trinajstić information content (AvgIpc) is 2.69. The molecule has 1 aromatic carbocycles. The van der Waals surface area contributed by atoms with Crippen molar-refractivity contribution < 1.29 is 0 Å². The van der Waals surface area contributed by atoms with Crippen LogP contribution in [0, 0.1) is 5.21 Å². The van der Waals surface area contributed by atoms with Gasteiger partial charge in [0.15, 0.2) is 12.0 Å². The number of anilines is 1. The van der Waals surface area contributed by atoms with Gasteiger partial charge in [-0.15, -0.1) is 0 Å². The van der Waals surface area contributed by atoms with Gasteiger partial charge in [0.1, 0.15) is 5.69 Å². The first-order chi connectivity index (χ1) is 8.20. The summed E-state index contributed by atoms with van der Waals surface area (Å²) in [6, 6.07) is 5.55. The number of hydrogen-bond donors (Lipinski definition) is 1. The lowest BCUT2D eigenvalue weighted by Crippen LogP contribution is -2.50. The van der Waals surface area contributed by atoms with Gasteiger partial charge in [-0.05, 0) is 25.0 Å². The summed E-state index contributed by atoms with van der Waals surface area (Å²) >= 11 is 0. The fourth-order valence-corrected chi connectivity index (χ4v) is 2.91. The van der Waals surface area contributed by atoms with Gasteiger partial charge in [-0.2, -0.15) is 4.99 Å². The molecular weight excluding hydrogens is 214 g/mol. The van der Waals surface area contributed by atoms with Gasteiger partial charge >= 0.3 is 0 Å². The van der Waals surface area contributed by atoms with E-state index in [1.54, 1.807) is 18.5 Å². The Balaban J connectivity index is 1.98. The molecule has 0 radical (unpaired) electrons. The summed E-state index contributed by atoms with van der Waals surface area (Å²) in [5.74, 6) is 0. The molecule has 1 fully saturated rings. The molecule has 0 amide bonds. The van der Waals surface area contributed by atoms with Crippen LogP contribution in [0.15, 0.2) is 23.2 Å². The Hall–Kier alpha value is -1.39. The molecule has 0 saturated heterocycles. The SMILES string of the molecule is Nc1ccc2c(c1)N=C[N+]2([O-])C1CCCCC1. The molecule has 4 heteroatoms. The molecule has 4 nitrogen and oxygen atoms in total. The maximum atomic E-state index is 12.9. The Morgan fingerprint density at radius 2 is 2.00 bits per heavy atom. The van der Waals surface area contributed by atoms with E-state index < -0.39 is 0 Å². The first kappa shape index (κ1) is 10.7. The highest BCUT2D eigenvalue weighted by atomic mass is 16.5. The number of hydroxylamine groups is 2. The van der Waals surface area contributed by atoms with Crippen molar-refractivity contribution in [3.8, 4) is 0 Å². The minimum atomic E-state index is -0.379. The van der Waals surface area contributed by atoms with Gasteiger partial charge < -0.3 is 10.9 Å². The van der Waals surface area contributed by atoms with Crippen LogP contribution in [0.25, 0.3) is 0 Å². The summed E-state index contributed by atoms with van der Waals surface area (Å²) in [5.41, 5.74) is 7.88. The summed E-state index contributed by atoms with van der Waals surface area (Å²) in [4.78, 5) is 4.24. The average molecular weight is 231 g/mol. The fourth-order valence-electron chi connectivity index (χ4n) is 2.91. The van der Waals surface area contributed by atoms with Crippen LogP contribution in [0.1, 0.15) is 32.1 Å². The normalized spacial score (nSPS) is 28.3. The second kappa shape index (κ2) is 3.82. The Morgan fingerprint density at radius 1 is 1.24 bits per heavy atom. The third-order valence-corrected chi connectivity index (χ3v) is 3.86. The highest BCUT2D eigenvalue weighted by Gasteiger charge is 2.36. The van der Waals surface area contributed by atoms with E-state index in [0.29, 0.717) is 5.69 Å². The van der Waals surface area contributed by atoms with Gasteiger partial charge in [0.25, 0.3) is 0 Å². The molecule has 1 atom stereocenters. The molecule has 1 unspecified atom stereocenters. The van der Waals surface area contributed by atoms with Crippen molar-refractivity contribution in [2.45, 2.75) is 38.1 Å². The van der Waals surface area contributed by atoms with Gasteiger partial charge in [-0.25, -0.2) is 0 Å². The lowest BCUT2D eigenvalue weighted by Gasteiger charge is -2.43. The first-order valence-electron chi connectivity index (χ1n) is 6.25. The van der Waals surface area contributed by atoms with Crippen molar-refractivity contribution in [3.05, 3.63) is 23.4 Å². The smallest absolute Gasteiger partial charge is 0.196 e. The molecule has 1 heterocycles. The van der Waals surface area contributed by atoms with Gasteiger partial charge in [0, 0.05) is 24.6 Å². The van der Waals surface area contributed by atoms with Crippen molar-refractivity contribution in [1.82, 2.24) is 4.65 Å². The number of nitrogens with zero attached hydrogens (tertiary/aromatic N) is 2. The summed E-state index contributed by atoms with van der Waals surface area (Å²) in [6.07, 6.45) is 7.11. The molecule has 0 aromatic heterocycles. The molecule has 2 aliphatic rings. The fraction of sp³-hybridized carbons (Fsp3) is 0.462. The summed E-state index contributed by atoms with van der Waals surface area (Å²) < 4.78 is -0.379. The van der Waals surface area contributed by atoms with E-state index >= 15 is 0 Å². The van der Waals surface area contributed by atoms with Crippen LogP contribution >= 0.6 is 0 Å². The molecule has 90 valence electrons. The highest BCUT2D eigenvalue weighted by Crippen LogP contribution is 2.43. The predicted octanol–water partition coefficient (Wildman–Crippen LogP) is 3.08. The van der Waals surface area contributed by atoms with Gasteiger partial charge in [0.2, 0.25) is 0 Å². The lowest BCUT2D eigenvalue weighted by molar-refractivity contribution is 0.307. The Morgan fingerprint density at radius 3 is 2.76 bits per heavy atom. The van der Waals surface area contributed by atoms with Gasteiger partial charge in [0.05, 0.1) is 6.04 Å². The zero-order valence-electron chi connectivity index (χ0n) is 9.80. The number of quaternary nitrogens is 1.